The summed E-state index contributed by atoms with van der Waals surface area (Å²) in [7, 11) is 0. The van der Waals surface area contributed by atoms with Crippen LogP contribution in [0, 0.1) is 16.7 Å². The van der Waals surface area contributed by atoms with E-state index in [2.05, 4.69) is 58.0 Å². The van der Waals surface area contributed by atoms with Crippen molar-refractivity contribution in [3.8, 4) is 6.07 Å². The van der Waals surface area contributed by atoms with Crippen molar-refractivity contribution < 1.29 is 0 Å². The highest BCUT2D eigenvalue weighted by atomic mass is 14.6. The van der Waals surface area contributed by atoms with Crippen LogP contribution in [0.15, 0.2) is 24.3 Å². The van der Waals surface area contributed by atoms with E-state index in [9.17, 15) is 5.26 Å². The summed E-state index contributed by atoms with van der Waals surface area (Å²) >= 11 is 0. The van der Waals surface area contributed by atoms with Gasteiger partial charge in [0.1, 0.15) is 0 Å². The summed E-state index contributed by atoms with van der Waals surface area (Å²) in [5.74, 6) is 0.555. The summed E-state index contributed by atoms with van der Waals surface area (Å²) < 4.78 is 0. The highest BCUT2D eigenvalue weighted by Crippen LogP contribution is 2.63. The first-order valence-corrected chi connectivity index (χ1v) is 5.95. The maximum Gasteiger partial charge on any atom is 0.0879 e. The van der Waals surface area contributed by atoms with E-state index >= 15 is 0 Å². The number of hydrogen-bond donors (Lipinski definition) is 0. The van der Waals surface area contributed by atoms with Gasteiger partial charge in [-0.1, -0.05) is 52.0 Å². The van der Waals surface area contributed by atoms with E-state index in [4.69, 9.17) is 0 Å². The molecule has 0 heterocycles. The van der Waals surface area contributed by atoms with E-state index in [0.29, 0.717) is 5.92 Å². The van der Waals surface area contributed by atoms with Gasteiger partial charge >= 0.3 is 0 Å². The minimum atomic E-state index is -0.234. The quantitative estimate of drug-likeness (QED) is 0.728. The van der Waals surface area contributed by atoms with Gasteiger partial charge in [0.05, 0.1) is 11.5 Å². The molecule has 1 fully saturated rings. The Kier molecular flexibility index (Phi) is 2.35. The van der Waals surface area contributed by atoms with Crippen molar-refractivity contribution in [1.82, 2.24) is 0 Å². The second kappa shape index (κ2) is 3.35. The molecule has 1 nitrogen and oxygen atoms in total. The molecule has 1 atom stereocenters. The number of benzene rings is 1. The van der Waals surface area contributed by atoms with E-state index in [1.54, 1.807) is 0 Å². The van der Waals surface area contributed by atoms with Crippen molar-refractivity contribution in [3.05, 3.63) is 35.4 Å². The fourth-order valence-electron chi connectivity index (χ4n) is 2.52. The summed E-state index contributed by atoms with van der Waals surface area (Å²) in [5.41, 5.74) is 2.43. The molecule has 0 aliphatic heterocycles. The van der Waals surface area contributed by atoms with E-state index in [1.165, 1.54) is 11.1 Å². The molecule has 1 heteroatoms. The first-order chi connectivity index (χ1) is 7.43. The van der Waals surface area contributed by atoms with Gasteiger partial charge in [0.25, 0.3) is 0 Å². The predicted molar refractivity (Wildman–Crippen MR) is 66.2 cm³/mol. The lowest BCUT2D eigenvalue weighted by atomic mass is 9.88. The first kappa shape index (κ1) is 11.2. The van der Waals surface area contributed by atoms with Crippen LogP contribution in [-0.4, -0.2) is 0 Å². The summed E-state index contributed by atoms with van der Waals surface area (Å²) in [6, 6.07) is 11.1. The van der Waals surface area contributed by atoms with Gasteiger partial charge in [0.15, 0.2) is 0 Å². The third-order valence-corrected chi connectivity index (χ3v) is 4.00. The van der Waals surface area contributed by atoms with Gasteiger partial charge in [-0.2, -0.15) is 5.26 Å². The van der Waals surface area contributed by atoms with E-state index in [1.807, 2.05) is 0 Å². The maximum absolute atomic E-state index is 9.37. The van der Waals surface area contributed by atoms with Gasteiger partial charge < -0.3 is 0 Å². The minimum absolute atomic E-state index is 0.140. The number of nitriles is 1. The zero-order valence-corrected chi connectivity index (χ0v) is 10.5. The lowest BCUT2D eigenvalue weighted by Gasteiger charge is -2.14. The van der Waals surface area contributed by atoms with Gasteiger partial charge in [-0.25, -0.2) is 0 Å². The van der Waals surface area contributed by atoms with Crippen molar-refractivity contribution in [3.63, 3.8) is 0 Å². The average Bonchev–Trinajstić information content (AvgIpc) is 2.82. The Balaban J connectivity index is 2.34. The third-order valence-electron chi connectivity index (χ3n) is 4.00. The van der Waals surface area contributed by atoms with Crippen molar-refractivity contribution in [1.29, 1.82) is 5.26 Å². The molecule has 2 rings (SSSR count). The molecule has 1 aromatic carbocycles. The highest BCUT2D eigenvalue weighted by Gasteiger charge is 2.62. The van der Waals surface area contributed by atoms with Crippen LogP contribution in [0.5, 0.6) is 0 Å². The monoisotopic (exact) mass is 213 g/mol. The summed E-state index contributed by atoms with van der Waals surface area (Å²) in [4.78, 5) is 0. The summed E-state index contributed by atoms with van der Waals surface area (Å²) in [6.07, 6.45) is 0.984. The van der Waals surface area contributed by atoms with Crippen LogP contribution in [-0.2, 0) is 5.41 Å². The molecule has 0 spiro atoms. The molecular weight excluding hydrogens is 194 g/mol. The third kappa shape index (κ3) is 1.45. The van der Waals surface area contributed by atoms with Crippen LogP contribution in [0.25, 0.3) is 0 Å². The van der Waals surface area contributed by atoms with Gasteiger partial charge in [0, 0.05) is 0 Å². The minimum Gasteiger partial charge on any atom is -0.197 e. The van der Waals surface area contributed by atoms with Crippen LogP contribution in [0.2, 0.25) is 0 Å². The highest BCUT2D eigenvalue weighted by molar-refractivity contribution is 5.45. The van der Waals surface area contributed by atoms with E-state index in [-0.39, 0.29) is 10.8 Å². The lowest BCUT2D eigenvalue weighted by molar-refractivity contribution is 0.570. The normalized spacial score (nSPS) is 26.5. The molecule has 0 radical (unpaired) electrons. The van der Waals surface area contributed by atoms with Crippen molar-refractivity contribution in [2.45, 2.75) is 45.4 Å². The number of hydrogen-bond acceptors (Lipinski definition) is 1. The lowest BCUT2D eigenvalue weighted by Crippen LogP contribution is -2.11. The molecule has 16 heavy (non-hydrogen) atoms. The number of nitrogens with zero attached hydrogens (tertiary/aromatic N) is 1. The summed E-state index contributed by atoms with van der Waals surface area (Å²) in [5, 5.41) is 9.37. The van der Waals surface area contributed by atoms with Crippen LogP contribution in [0.1, 0.15) is 51.2 Å². The molecule has 0 amide bonds. The van der Waals surface area contributed by atoms with Crippen molar-refractivity contribution in [2.24, 2.45) is 5.41 Å². The Morgan fingerprint density at radius 2 is 1.69 bits per heavy atom. The fourth-order valence-corrected chi connectivity index (χ4v) is 2.52. The second-order valence-electron chi connectivity index (χ2n) is 5.85. The van der Waals surface area contributed by atoms with Crippen LogP contribution in [0.3, 0.4) is 0 Å². The molecule has 1 unspecified atom stereocenters. The van der Waals surface area contributed by atoms with Gasteiger partial charge in [-0.15, -0.1) is 0 Å². The van der Waals surface area contributed by atoms with Crippen LogP contribution >= 0.6 is 0 Å². The second-order valence-corrected chi connectivity index (χ2v) is 5.85. The zero-order chi connectivity index (χ0) is 12.0. The maximum atomic E-state index is 9.37. The van der Waals surface area contributed by atoms with E-state index in [0.717, 1.165) is 6.42 Å². The molecule has 0 bridgehead atoms. The smallest absolute Gasteiger partial charge is 0.0879 e. The molecule has 1 aliphatic rings. The SMILES string of the molecule is CC(C)c1ccc(C2(C#N)CC2(C)C)cc1. The van der Waals surface area contributed by atoms with Crippen molar-refractivity contribution >= 4 is 0 Å². The Hall–Kier alpha value is -1.29. The average molecular weight is 213 g/mol. The molecule has 1 aliphatic carbocycles. The van der Waals surface area contributed by atoms with Crippen LogP contribution in [0.4, 0.5) is 0 Å². The Bertz CT molecular complexity index is 433. The largest absolute Gasteiger partial charge is 0.197 e. The van der Waals surface area contributed by atoms with Gasteiger partial charge in [0.2, 0.25) is 0 Å². The van der Waals surface area contributed by atoms with Gasteiger partial charge in [-0.3, -0.25) is 0 Å². The van der Waals surface area contributed by atoms with Gasteiger partial charge in [-0.05, 0) is 28.9 Å². The fraction of sp³-hybridized carbons (Fsp3) is 0.533. The molecule has 1 aromatic rings. The Morgan fingerprint density at radius 1 is 1.19 bits per heavy atom. The molecule has 0 aromatic heterocycles. The molecular formula is C15H19N. The first-order valence-electron chi connectivity index (χ1n) is 5.95. The van der Waals surface area contributed by atoms with E-state index < -0.39 is 0 Å². The molecule has 84 valence electrons. The Morgan fingerprint density at radius 3 is 2.00 bits per heavy atom. The summed E-state index contributed by atoms with van der Waals surface area (Å²) in [6.45, 7) is 8.73. The standard InChI is InChI=1S/C15H19N/c1-11(2)12-5-7-13(8-6-12)15(10-16)9-14(15,3)4/h5-8,11H,9H2,1-4H3. The topological polar surface area (TPSA) is 23.8 Å². The molecule has 0 N–H and O–H groups in total. The van der Waals surface area contributed by atoms with Crippen LogP contribution < -0.4 is 0 Å². The molecule has 1 saturated carbocycles. The van der Waals surface area contributed by atoms with Crippen molar-refractivity contribution in [2.75, 3.05) is 0 Å². The molecule has 0 saturated heterocycles. The Labute approximate surface area is 98.1 Å². The zero-order valence-electron chi connectivity index (χ0n) is 10.5. The predicted octanol–water partition coefficient (Wildman–Crippen LogP) is 4.00. The number of rotatable bonds is 2.